The number of nitro groups is 1. The highest BCUT2D eigenvalue weighted by atomic mass is 16.6. The van der Waals surface area contributed by atoms with E-state index in [1.165, 1.54) is 6.07 Å². The number of benzene rings is 1. The summed E-state index contributed by atoms with van der Waals surface area (Å²) in [5, 5.41) is 20.0. The molecule has 1 N–H and O–H groups in total. The molecule has 0 saturated heterocycles. The van der Waals surface area contributed by atoms with Gasteiger partial charge >= 0.3 is 0 Å². The third kappa shape index (κ3) is 1.68. The Bertz CT molecular complexity index is 519. The minimum absolute atomic E-state index is 0.0217. The van der Waals surface area contributed by atoms with Gasteiger partial charge in [0.25, 0.3) is 5.69 Å². The van der Waals surface area contributed by atoms with E-state index in [9.17, 15) is 10.1 Å². The van der Waals surface area contributed by atoms with Gasteiger partial charge in [0.1, 0.15) is 5.69 Å². The van der Waals surface area contributed by atoms with Gasteiger partial charge in [0.05, 0.1) is 11.5 Å². The minimum atomic E-state index is -0.434. The summed E-state index contributed by atoms with van der Waals surface area (Å²) in [6.07, 6.45) is 1.69. The van der Waals surface area contributed by atoms with Gasteiger partial charge in [-0.3, -0.25) is 10.1 Å². The van der Waals surface area contributed by atoms with Gasteiger partial charge in [-0.2, -0.15) is 0 Å². The summed E-state index contributed by atoms with van der Waals surface area (Å²) in [4.78, 5) is 10.4. The lowest BCUT2D eigenvalue weighted by molar-refractivity contribution is -0.384. The molecule has 5 heteroatoms. The highest BCUT2D eigenvalue weighted by molar-refractivity contribution is 5.53. The Morgan fingerprint density at radius 3 is 2.69 bits per heavy atom. The fraction of sp³-hybridized carbons (Fsp3) is 0.0909. The second-order valence-corrected chi connectivity index (χ2v) is 3.27. The van der Waals surface area contributed by atoms with Gasteiger partial charge in [-0.1, -0.05) is 12.1 Å². The van der Waals surface area contributed by atoms with E-state index in [0.717, 1.165) is 0 Å². The van der Waals surface area contributed by atoms with Crippen molar-refractivity contribution in [1.29, 1.82) is 0 Å². The predicted octanol–water partition coefficient (Wildman–Crippen LogP) is 1.88. The van der Waals surface area contributed by atoms with Crippen LogP contribution in [-0.2, 0) is 6.61 Å². The maximum Gasteiger partial charge on any atom is 0.293 e. The molecule has 0 aliphatic rings. The number of nitrogens with zero attached hydrogens (tertiary/aromatic N) is 2. The smallest absolute Gasteiger partial charge is 0.293 e. The molecule has 0 unspecified atom stereocenters. The topological polar surface area (TPSA) is 68.3 Å². The first-order valence-electron chi connectivity index (χ1n) is 4.75. The molecular formula is C11H10N2O3. The molecule has 2 rings (SSSR count). The number of nitro benzene ring substituents is 1. The van der Waals surface area contributed by atoms with Gasteiger partial charge in [-0.15, -0.1) is 0 Å². The molecule has 0 amide bonds. The molecule has 1 aromatic carbocycles. The van der Waals surface area contributed by atoms with Crippen molar-refractivity contribution in [3.8, 4) is 5.69 Å². The number of para-hydroxylation sites is 2. The van der Waals surface area contributed by atoms with Crippen molar-refractivity contribution in [3.05, 3.63) is 58.4 Å². The summed E-state index contributed by atoms with van der Waals surface area (Å²) in [6, 6.07) is 9.89. The van der Waals surface area contributed by atoms with Crippen LogP contribution in [0.2, 0.25) is 0 Å². The molecule has 1 heterocycles. The summed E-state index contributed by atoms with van der Waals surface area (Å²) in [5.74, 6) is 0. The second-order valence-electron chi connectivity index (χ2n) is 3.27. The molecule has 0 saturated carbocycles. The lowest BCUT2D eigenvalue weighted by Crippen LogP contribution is -2.02. The van der Waals surface area contributed by atoms with Crippen LogP contribution in [0.25, 0.3) is 5.69 Å². The van der Waals surface area contributed by atoms with Crippen molar-refractivity contribution in [2.45, 2.75) is 6.61 Å². The zero-order valence-corrected chi connectivity index (χ0v) is 8.41. The first kappa shape index (κ1) is 10.4. The number of hydrogen-bond donors (Lipinski definition) is 1. The van der Waals surface area contributed by atoms with Crippen LogP contribution >= 0.6 is 0 Å². The van der Waals surface area contributed by atoms with Crippen molar-refractivity contribution in [3.63, 3.8) is 0 Å². The number of aromatic nitrogens is 1. The average molecular weight is 218 g/mol. The molecule has 16 heavy (non-hydrogen) atoms. The minimum Gasteiger partial charge on any atom is -0.390 e. The third-order valence-corrected chi connectivity index (χ3v) is 2.33. The monoisotopic (exact) mass is 218 g/mol. The van der Waals surface area contributed by atoms with Crippen LogP contribution in [0.5, 0.6) is 0 Å². The lowest BCUT2D eigenvalue weighted by Gasteiger charge is -2.07. The van der Waals surface area contributed by atoms with Crippen LogP contribution in [0.1, 0.15) is 5.69 Å². The van der Waals surface area contributed by atoms with Crippen molar-refractivity contribution in [2.75, 3.05) is 0 Å². The molecular weight excluding hydrogens is 208 g/mol. The summed E-state index contributed by atoms with van der Waals surface area (Å²) >= 11 is 0. The molecule has 1 aromatic heterocycles. The Hall–Kier alpha value is -2.14. The van der Waals surface area contributed by atoms with Gasteiger partial charge < -0.3 is 9.67 Å². The van der Waals surface area contributed by atoms with E-state index in [1.54, 1.807) is 41.1 Å². The van der Waals surface area contributed by atoms with Gasteiger partial charge in [0.2, 0.25) is 0 Å². The number of aliphatic hydroxyl groups excluding tert-OH is 1. The van der Waals surface area contributed by atoms with E-state index in [1.807, 2.05) is 0 Å². The van der Waals surface area contributed by atoms with E-state index in [4.69, 9.17) is 5.11 Å². The highest BCUT2D eigenvalue weighted by Gasteiger charge is 2.15. The maximum atomic E-state index is 10.8. The standard InChI is InChI=1S/C11H10N2O3/c14-8-9-4-3-7-12(9)10-5-1-2-6-11(10)13(15)16/h1-7,14H,8H2. The van der Waals surface area contributed by atoms with Crippen molar-refractivity contribution < 1.29 is 10.0 Å². The summed E-state index contributed by atoms with van der Waals surface area (Å²) in [5.41, 5.74) is 1.10. The highest BCUT2D eigenvalue weighted by Crippen LogP contribution is 2.23. The normalized spacial score (nSPS) is 10.3. The molecule has 0 spiro atoms. The fourth-order valence-electron chi connectivity index (χ4n) is 1.60. The fourth-order valence-corrected chi connectivity index (χ4v) is 1.60. The van der Waals surface area contributed by atoms with Gasteiger partial charge in [-0.25, -0.2) is 0 Å². The summed E-state index contributed by atoms with van der Waals surface area (Å²) in [7, 11) is 0. The lowest BCUT2D eigenvalue weighted by atomic mass is 10.2. The van der Waals surface area contributed by atoms with E-state index >= 15 is 0 Å². The molecule has 0 bridgehead atoms. The first-order valence-corrected chi connectivity index (χ1v) is 4.75. The number of hydrogen-bond acceptors (Lipinski definition) is 3. The Morgan fingerprint density at radius 2 is 2.00 bits per heavy atom. The van der Waals surface area contributed by atoms with Gasteiger partial charge in [-0.05, 0) is 18.2 Å². The van der Waals surface area contributed by atoms with E-state index in [2.05, 4.69) is 0 Å². The van der Waals surface area contributed by atoms with Crippen LogP contribution in [-0.4, -0.2) is 14.6 Å². The Balaban J connectivity index is 2.60. The van der Waals surface area contributed by atoms with Crippen LogP contribution in [0, 0.1) is 10.1 Å². The first-order chi connectivity index (χ1) is 7.74. The Kier molecular flexibility index (Phi) is 2.70. The predicted molar refractivity (Wildman–Crippen MR) is 58.3 cm³/mol. The Labute approximate surface area is 91.7 Å². The van der Waals surface area contributed by atoms with Crippen LogP contribution in [0.15, 0.2) is 42.6 Å². The van der Waals surface area contributed by atoms with E-state index in [-0.39, 0.29) is 12.3 Å². The zero-order chi connectivity index (χ0) is 11.5. The molecule has 0 atom stereocenters. The summed E-state index contributed by atoms with van der Waals surface area (Å²) in [6.45, 7) is -0.154. The number of aliphatic hydroxyl groups is 1. The summed E-state index contributed by atoms with van der Waals surface area (Å²) < 4.78 is 1.61. The molecule has 0 fully saturated rings. The third-order valence-electron chi connectivity index (χ3n) is 2.33. The second kappa shape index (κ2) is 4.16. The molecule has 5 nitrogen and oxygen atoms in total. The zero-order valence-electron chi connectivity index (χ0n) is 8.41. The van der Waals surface area contributed by atoms with Crippen LogP contribution in [0.4, 0.5) is 5.69 Å². The van der Waals surface area contributed by atoms with Crippen molar-refractivity contribution >= 4 is 5.69 Å². The van der Waals surface area contributed by atoms with Gasteiger partial charge in [0.15, 0.2) is 0 Å². The molecule has 82 valence electrons. The molecule has 0 aliphatic heterocycles. The average Bonchev–Trinajstić information content (AvgIpc) is 2.76. The molecule has 0 radical (unpaired) electrons. The SMILES string of the molecule is O=[N+]([O-])c1ccccc1-n1cccc1CO. The van der Waals surface area contributed by atoms with Crippen molar-refractivity contribution in [2.24, 2.45) is 0 Å². The number of rotatable bonds is 3. The van der Waals surface area contributed by atoms with Crippen LogP contribution in [0.3, 0.4) is 0 Å². The van der Waals surface area contributed by atoms with Crippen LogP contribution < -0.4 is 0 Å². The largest absolute Gasteiger partial charge is 0.390 e. The quantitative estimate of drug-likeness (QED) is 0.631. The van der Waals surface area contributed by atoms with Crippen molar-refractivity contribution in [1.82, 2.24) is 4.57 Å². The molecule has 0 aliphatic carbocycles. The maximum absolute atomic E-state index is 10.8. The Morgan fingerprint density at radius 1 is 1.25 bits per heavy atom. The molecule has 2 aromatic rings. The van der Waals surface area contributed by atoms with E-state index < -0.39 is 4.92 Å². The van der Waals surface area contributed by atoms with Gasteiger partial charge in [0, 0.05) is 18.0 Å². The van der Waals surface area contributed by atoms with E-state index in [0.29, 0.717) is 11.4 Å².